The van der Waals surface area contributed by atoms with Crippen LogP contribution < -0.4 is 5.32 Å². The van der Waals surface area contributed by atoms with Gasteiger partial charge < -0.3 is 5.32 Å². The smallest absolute Gasteiger partial charge is 0.0991 e. The van der Waals surface area contributed by atoms with Crippen LogP contribution in [0.4, 0.5) is 5.69 Å². The first-order chi connectivity index (χ1) is 9.25. The van der Waals surface area contributed by atoms with Gasteiger partial charge in [-0.1, -0.05) is 0 Å². The van der Waals surface area contributed by atoms with Crippen molar-refractivity contribution in [3.63, 3.8) is 0 Å². The van der Waals surface area contributed by atoms with E-state index in [-0.39, 0.29) is 0 Å². The van der Waals surface area contributed by atoms with Crippen molar-refractivity contribution in [3.05, 3.63) is 29.8 Å². The molecule has 0 unspecified atom stereocenters. The van der Waals surface area contributed by atoms with Gasteiger partial charge in [-0.05, 0) is 80.5 Å². The number of hydrogen-bond acceptors (Lipinski definition) is 2. The maximum absolute atomic E-state index is 8.86. The molecular formula is C17H20N2. The lowest BCUT2D eigenvalue weighted by Crippen LogP contribution is -2.54. The van der Waals surface area contributed by atoms with Gasteiger partial charge in [-0.25, -0.2) is 0 Å². The second-order valence-corrected chi connectivity index (χ2v) is 7.01. The molecule has 0 spiro atoms. The van der Waals surface area contributed by atoms with Gasteiger partial charge in [0.1, 0.15) is 0 Å². The highest BCUT2D eigenvalue weighted by atomic mass is 15.0. The number of anilines is 1. The molecule has 4 aliphatic carbocycles. The minimum absolute atomic E-state index is 0.364. The Morgan fingerprint density at radius 2 is 1.47 bits per heavy atom. The van der Waals surface area contributed by atoms with Crippen LogP contribution in [-0.2, 0) is 0 Å². The molecule has 2 heteroatoms. The molecule has 0 radical (unpaired) electrons. The SMILES string of the molecule is N#Cc1ccc(N[C@]23CC4C[C@H](C[C@H](C4)C2)C3)cc1. The van der Waals surface area contributed by atoms with Crippen molar-refractivity contribution in [1.29, 1.82) is 5.26 Å². The maximum Gasteiger partial charge on any atom is 0.0991 e. The normalized spacial score (nSPS) is 39.0. The summed E-state index contributed by atoms with van der Waals surface area (Å²) in [6.45, 7) is 0. The van der Waals surface area contributed by atoms with E-state index in [2.05, 4.69) is 23.5 Å². The third kappa shape index (κ3) is 1.92. The first-order valence-corrected chi connectivity index (χ1v) is 7.53. The minimum Gasteiger partial charge on any atom is -0.380 e. The standard InChI is InChI=1S/C17H20N2/c18-11-12-1-3-16(4-2-12)19-17-8-13-5-14(9-17)7-15(6-13)10-17/h1-4,13-15,19H,5-10H2/t13-,14+,15?,17-. The van der Waals surface area contributed by atoms with Crippen LogP contribution >= 0.6 is 0 Å². The lowest BCUT2D eigenvalue weighted by Gasteiger charge is -2.57. The minimum atomic E-state index is 0.364. The van der Waals surface area contributed by atoms with Gasteiger partial charge in [-0.15, -0.1) is 0 Å². The molecule has 19 heavy (non-hydrogen) atoms. The van der Waals surface area contributed by atoms with Gasteiger partial charge in [0.2, 0.25) is 0 Å². The largest absolute Gasteiger partial charge is 0.380 e. The van der Waals surface area contributed by atoms with E-state index in [4.69, 9.17) is 5.26 Å². The summed E-state index contributed by atoms with van der Waals surface area (Å²) in [6, 6.07) is 10.2. The molecule has 4 saturated carbocycles. The second kappa shape index (κ2) is 4.00. The zero-order chi connectivity index (χ0) is 12.9. The van der Waals surface area contributed by atoms with Crippen LogP contribution in [0.3, 0.4) is 0 Å². The van der Waals surface area contributed by atoms with E-state index >= 15 is 0 Å². The van der Waals surface area contributed by atoms with E-state index in [0.29, 0.717) is 5.54 Å². The number of nitrogens with zero attached hydrogens (tertiary/aromatic N) is 1. The fourth-order valence-corrected chi connectivity index (χ4v) is 5.20. The summed E-state index contributed by atoms with van der Waals surface area (Å²) < 4.78 is 0. The lowest BCUT2D eigenvalue weighted by molar-refractivity contribution is 0.0107. The van der Waals surface area contributed by atoms with Crippen LogP contribution in [0.1, 0.15) is 44.1 Å². The summed E-state index contributed by atoms with van der Waals surface area (Å²) in [5.74, 6) is 2.91. The van der Waals surface area contributed by atoms with Crippen molar-refractivity contribution >= 4 is 5.69 Å². The summed E-state index contributed by atoms with van der Waals surface area (Å²) in [5.41, 5.74) is 2.31. The molecule has 2 nitrogen and oxygen atoms in total. The number of hydrogen-bond donors (Lipinski definition) is 1. The van der Waals surface area contributed by atoms with Crippen molar-refractivity contribution in [2.24, 2.45) is 17.8 Å². The third-order valence-corrected chi connectivity index (χ3v) is 5.46. The van der Waals surface area contributed by atoms with Gasteiger partial charge >= 0.3 is 0 Å². The molecule has 1 aromatic rings. The van der Waals surface area contributed by atoms with Crippen molar-refractivity contribution in [1.82, 2.24) is 0 Å². The van der Waals surface area contributed by atoms with Gasteiger partial charge in [0.25, 0.3) is 0 Å². The Labute approximate surface area is 114 Å². The van der Waals surface area contributed by atoms with Gasteiger partial charge in [-0.2, -0.15) is 5.26 Å². The molecule has 1 N–H and O–H groups in total. The summed E-state index contributed by atoms with van der Waals surface area (Å²) in [6.07, 6.45) is 8.52. The molecule has 4 aliphatic rings. The molecule has 4 bridgehead atoms. The average Bonchev–Trinajstić information content (AvgIpc) is 2.37. The summed E-state index contributed by atoms with van der Waals surface area (Å²) in [5, 5.41) is 12.7. The predicted molar refractivity (Wildman–Crippen MR) is 75.7 cm³/mol. The highest BCUT2D eigenvalue weighted by molar-refractivity contribution is 5.49. The first-order valence-electron chi connectivity index (χ1n) is 7.53. The Morgan fingerprint density at radius 1 is 0.947 bits per heavy atom. The van der Waals surface area contributed by atoms with E-state index in [1.54, 1.807) is 0 Å². The highest BCUT2D eigenvalue weighted by Gasteiger charge is 2.50. The Hall–Kier alpha value is -1.49. The molecule has 0 aromatic heterocycles. The zero-order valence-corrected chi connectivity index (χ0v) is 11.2. The monoisotopic (exact) mass is 252 g/mol. The van der Waals surface area contributed by atoms with Crippen molar-refractivity contribution in [2.45, 2.75) is 44.1 Å². The summed E-state index contributed by atoms with van der Waals surface area (Å²) in [4.78, 5) is 0. The lowest BCUT2D eigenvalue weighted by atomic mass is 9.53. The van der Waals surface area contributed by atoms with E-state index in [0.717, 1.165) is 23.3 Å². The number of rotatable bonds is 2. The predicted octanol–water partition coefficient (Wildman–Crippen LogP) is 3.94. The Bertz CT molecular complexity index is 488. The molecule has 0 atom stereocenters. The molecule has 0 amide bonds. The number of nitrogens with one attached hydrogen (secondary N) is 1. The average molecular weight is 252 g/mol. The fourth-order valence-electron chi connectivity index (χ4n) is 5.20. The quantitative estimate of drug-likeness (QED) is 0.865. The highest BCUT2D eigenvalue weighted by Crippen LogP contribution is 2.56. The third-order valence-electron chi connectivity index (χ3n) is 5.46. The number of benzene rings is 1. The Morgan fingerprint density at radius 3 is 1.95 bits per heavy atom. The Kier molecular flexibility index (Phi) is 2.39. The molecule has 0 heterocycles. The molecule has 0 aliphatic heterocycles. The molecule has 0 saturated heterocycles. The van der Waals surface area contributed by atoms with Gasteiger partial charge in [0.15, 0.2) is 0 Å². The van der Waals surface area contributed by atoms with Crippen molar-refractivity contribution < 1.29 is 0 Å². The van der Waals surface area contributed by atoms with Gasteiger partial charge in [0.05, 0.1) is 11.6 Å². The fraction of sp³-hybridized carbons (Fsp3) is 0.588. The molecule has 4 fully saturated rings. The Balaban J connectivity index is 1.57. The van der Waals surface area contributed by atoms with E-state index < -0.39 is 0 Å². The first kappa shape index (κ1) is 11.3. The van der Waals surface area contributed by atoms with E-state index in [1.807, 2.05) is 12.1 Å². The van der Waals surface area contributed by atoms with Crippen LogP contribution in [0.2, 0.25) is 0 Å². The van der Waals surface area contributed by atoms with Crippen LogP contribution in [0.5, 0.6) is 0 Å². The molecule has 1 aromatic carbocycles. The van der Waals surface area contributed by atoms with Crippen LogP contribution in [0.15, 0.2) is 24.3 Å². The second-order valence-electron chi connectivity index (χ2n) is 7.01. The zero-order valence-electron chi connectivity index (χ0n) is 11.2. The van der Waals surface area contributed by atoms with Gasteiger partial charge in [-0.3, -0.25) is 0 Å². The van der Waals surface area contributed by atoms with Crippen LogP contribution in [0, 0.1) is 29.1 Å². The van der Waals surface area contributed by atoms with Crippen molar-refractivity contribution in [3.8, 4) is 6.07 Å². The molecular weight excluding hydrogens is 232 g/mol. The molecule has 98 valence electrons. The van der Waals surface area contributed by atoms with Crippen LogP contribution in [0.25, 0.3) is 0 Å². The van der Waals surface area contributed by atoms with Gasteiger partial charge in [0, 0.05) is 11.2 Å². The maximum atomic E-state index is 8.86. The van der Waals surface area contributed by atoms with Crippen molar-refractivity contribution in [2.75, 3.05) is 5.32 Å². The van der Waals surface area contributed by atoms with Crippen LogP contribution in [-0.4, -0.2) is 5.54 Å². The van der Waals surface area contributed by atoms with E-state index in [9.17, 15) is 0 Å². The molecule has 5 rings (SSSR count). The number of nitriles is 1. The van der Waals surface area contributed by atoms with E-state index in [1.165, 1.54) is 44.2 Å². The topological polar surface area (TPSA) is 35.8 Å². The summed E-state index contributed by atoms with van der Waals surface area (Å²) >= 11 is 0. The summed E-state index contributed by atoms with van der Waals surface area (Å²) in [7, 11) is 0.